The SMILES string of the molecule is CCCCCC(CCC)(CCC)OO. The van der Waals surface area contributed by atoms with E-state index in [0.29, 0.717) is 0 Å². The van der Waals surface area contributed by atoms with Crippen LogP contribution in [-0.4, -0.2) is 10.9 Å². The molecule has 0 amide bonds. The highest BCUT2D eigenvalue weighted by atomic mass is 17.1. The van der Waals surface area contributed by atoms with Gasteiger partial charge in [0.1, 0.15) is 5.60 Å². The topological polar surface area (TPSA) is 29.5 Å². The van der Waals surface area contributed by atoms with Gasteiger partial charge in [-0.3, -0.25) is 5.26 Å². The molecule has 0 spiro atoms. The molecule has 0 aromatic heterocycles. The molecule has 0 atom stereocenters. The fourth-order valence-electron chi connectivity index (χ4n) is 2.12. The molecule has 0 bridgehead atoms. The van der Waals surface area contributed by atoms with E-state index in [-0.39, 0.29) is 5.60 Å². The van der Waals surface area contributed by atoms with Gasteiger partial charge in [0.25, 0.3) is 0 Å². The van der Waals surface area contributed by atoms with Crippen LogP contribution in [0.4, 0.5) is 0 Å². The lowest BCUT2D eigenvalue weighted by Crippen LogP contribution is -2.31. The first-order valence-corrected chi connectivity index (χ1v) is 6.07. The van der Waals surface area contributed by atoms with Gasteiger partial charge in [0.2, 0.25) is 0 Å². The van der Waals surface area contributed by atoms with Crippen molar-refractivity contribution in [3.8, 4) is 0 Å². The quantitative estimate of drug-likeness (QED) is 0.341. The molecule has 0 unspecified atom stereocenters. The molecule has 0 aromatic rings. The highest BCUT2D eigenvalue weighted by Crippen LogP contribution is 2.29. The van der Waals surface area contributed by atoms with E-state index in [9.17, 15) is 0 Å². The second-order valence-electron chi connectivity index (χ2n) is 4.23. The number of rotatable bonds is 9. The molecular formula is C12H26O2. The van der Waals surface area contributed by atoms with Crippen LogP contribution in [0.5, 0.6) is 0 Å². The van der Waals surface area contributed by atoms with Gasteiger partial charge in [-0.15, -0.1) is 0 Å². The summed E-state index contributed by atoms with van der Waals surface area (Å²) in [5, 5.41) is 9.04. The van der Waals surface area contributed by atoms with E-state index in [1.807, 2.05) is 0 Å². The lowest BCUT2D eigenvalue weighted by molar-refractivity contribution is -0.329. The summed E-state index contributed by atoms with van der Waals surface area (Å²) in [6, 6.07) is 0. The van der Waals surface area contributed by atoms with Crippen LogP contribution in [-0.2, 0) is 4.89 Å². The predicted octanol–water partition coefficient (Wildman–Crippen LogP) is 4.40. The van der Waals surface area contributed by atoms with Crippen LogP contribution in [0.2, 0.25) is 0 Å². The van der Waals surface area contributed by atoms with Crippen LogP contribution in [0.1, 0.15) is 72.1 Å². The van der Waals surface area contributed by atoms with E-state index >= 15 is 0 Å². The zero-order chi connectivity index (χ0) is 10.9. The molecule has 2 heteroatoms. The van der Waals surface area contributed by atoms with Gasteiger partial charge in [-0.1, -0.05) is 52.9 Å². The highest BCUT2D eigenvalue weighted by molar-refractivity contribution is 4.78. The first kappa shape index (κ1) is 13.9. The highest BCUT2D eigenvalue weighted by Gasteiger charge is 2.28. The molecule has 0 saturated heterocycles. The van der Waals surface area contributed by atoms with Gasteiger partial charge in [0.05, 0.1) is 0 Å². The number of hydrogen-bond donors (Lipinski definition) is 1. The Bertz CT molecular complexity index is 117. The molecular weight excluding hydrogens is 176 g/mol. The fourth-order valence-corrected chi connectivity index (χ4v) is 2.12. The molecule has 0 fully saturated rings. The molecule has 0 aliphatic rings. The van der Waals surface area contributed by atoms with Gasteiger partial charge < -0.3 is 0 Å². The van der Waals surface area contributed by atoms with E-state index in [1.165, 1.54) is 12.8 Å². The van der Waals surface area contributed by atoms with Crippen LogP contribution in [0.15, 0.2) is 0 Å². The van der Waals surface area contributed by atoms with Crippen molar-refractivity contribution in [1.82, 2.24) is 0 Å². The first-order valence-electron chi connectivity index (χ1n) is 6.07. The van der Waals surface area contributed by atoms with Crippen molar-refractivity contribution in [3.63, 3.8) is 0 Å². The van der Waals surface area contributed by atoms with Gasteiger partial charge in [-0.25, -0.2) is 4.89 Å². The van der Waals surface area contributed by atoms with Crippen LogP contribution in [0.3, 0.4) is 0 Å². The third kappa shape index (κ3) is 4.97. The summed E-state index contributed by atoms with van der Waals surface area (Å²) in [5.41, 5.74) is -0.251. The van der Waals surface area contributed by atoms with E-state index in [1.54, 1.807) is 0 Å². The van der Waals surface area contributed by atoms with Crippen molar-refractivity contribution >= 4 is 0 Å². The minimum atomic E-state index is -0.251. The average Bonchev–Trinajstić information content (AvgIpc) is 2.19. The summed E-state index contributed by atoms with van der Waals surface area (Å²) in [7, 11) is 0. The molecule has 0 aromatic carbocycles. The van der Waals surface area contributed by atoms with Crippen molar-refractivity contribution in [2.75, 3.05) is 0 Å². The monoisotopic (exact) mass is 202 g/mol. The summed E-state index contributed by atoms with van der Waals surface area (Å²) >= 11 is 0. The molecule has 14 heavy (non-hydrogen) atoms. The molecule has 0 rings (SSSR count). The molecule has 1 N–H and O–H groups in total. The van der Waals surface area contributed by atoms with Crippen LogP contribution < -0.4 is 0 Å². The van der Waals surface area contributed by atoms with Crippen LogP contribution >= 0.6 is 0 Å². The van der Waals surface area contributed by atoms with E-state index in [2.05, 4.69) is 20.8 Å². The largest absolute Gasteiger partial charge is 0.251 e. The summed E-state index contributed by atoms with van der Waals surface area (Å²) < 4.78 is 0. The van der Waals surface area contributed by atoms with Crippen molar-refractivity contribution in [3.05, 3.63) is 0 Å². The Morgan fingerprint density at radius 3 is 1.79 bits per heavy atom. The average molecular weight is 202 g/mol. The van der Waals surface area contributed by atoms with Crippen LogP contribution in [0, 0.1) is 0 Å². The fraction of sp³-hybridized carbons (Fsp3) is 1.00. The van der Waals surface area contributed by atoms with Crippen molar-refractivity contribution < 1.29 is 10.1 Å². The van der Waals surface area contributed by atoms with Crippen molar-refractivity contribution in [2.45, 2.75) is 77.7 Å². The molecule has 86 valence electrons. The smallest absolute Gasteiger partial charge is 0.103 e. The third-order valence-electron chi connectivity index (χ3n) is 2.84. The molecule has 0 aliphatic heterocycles. The second kappa shape index (κ2) is 8.25. The Morgan fingerprint density at radius 1 is 0.857 bits per heavy atom. The molecule has 0 saturated carbocycles. The number of unbranched alkanes of at least 4 members (excludes halogenated alkanes) is 2. The van der Waals surface area contributed by atoms with Gasteiger partial charge in [0.15, 0.2) is 0 Å². The summed E-state index contributed by atoms with van der Waals surface area (Å²) in [5.74, 6) is 0. The third-order valence-corrected chi connectivity index (χ3v) is 2.84. The Kier molecular flexibility index (Phi) is 8.20. The zero-order valence-electron chi connectivity index (χ0n) is 10.0. The predicted molar refractivity (Wildman–Crippen MR) is 60.4 cm³/mol. The summed E-state index contributed by atoms with van der Waals surface area (Å²) in [6.45, 7) is 6.48. The zero-order valence-corrected chi connectivity index (χ0v) is 10.0. The maximum atomic E-state index is 9.04. The van der Waals surface area contributed by atoms with E-state index in [0.717, 1.165) is 38.5 Å². The second-order valence-corrected chi connectivity index (χ2v) is 4.23. The molecule has 0 aliphatic carbocycles. The standard InChI is InChI=1S/C12H26O2/c1-4-7-8-11-12(14-13,9-5-2)10-6-3/h13H,4-11H2,1-3H3. The maximum Gasteiger partial charge on any atom is 0.103 e. The minimum Gasteiger partial charge on any atom is -0.251 e. The van der Waals surface area contributed by atoms with Gasteiger partial charge in [0, 0.05) is 0 Å². The van der Waals surface area contributed by atoms with Crippen LogP contribution in [0.25, 0.3) is 0 Å². The van der Waals surface area contributed by atoms with E-state index in [4.69, 9.17) is 10.1 Å². The van der Waals surface area contributed by atoms with E-state index < -0.39 is 0 Å². The lowest BCUT2D eigenvalue weighted by Gasteiger charge is -2.29. The lowest BCUT2D eigenvalue weighted by atomic mass is 9.87. The summed E-state index contributed by atoms with van der Waals surface area (Å²) in [4.78, 5) is 4.77. The maximum absolute atomic E-state index is 9.04. The Morgan fingerprint density at radius 2 is 1.43 bits per heavy atom. The Hall–Kier alpha value is -0.0800. The Labute approximate surface area is 88.6 Å². The Balaban J connectivity index is 4.03. The summed E-state index contributed by atoms with van der Waals surface area (Å²) in [6.07, 6.45) is 8.72. The number of hydrogen-bond acceptors (Lipinski definition) is 2. The first-order chi connectivity index (χ1) is 6.74. The van der Waals surface area contributed by atoms with Gasteiger partial charge >= 0.3 is 0 Å². The van der Waals surface area contributed by atoms with Gasteiger partial charge in [-0.05, 0) is 19.3 Å². The van der Waals surface area contributed by atoms with Crippen molar-refractivity contribution in [1.29, 1.82) is 0 Å². The molecule has 0 radical (unpaired) electrons. The normalized spacial score (nSPS) is 12.0. The minimum absolute atomic E-state index is 0.251. The van der Waals surface area contributed by atoms with Gasteiger partial charge in [-0.2, -0.15) is 0 Å². The van der Waals surface area contributed by atoms with Crippen molar-refractivity contribution in [2.24, 2.45) is 0 Å². The molecule has 2 nitrogen and oxygen atoms in total. The molecule has 0 heterocycles.